The van der Waals surface area contributed by atoms with E-state index in [9.17, 15) is 30.8 Å². The van der Waals surface area contributed by atoms with Crippen LogP contribution < -0.4 is 9.94 Å². The Labute approximate surface area is 204 Å². The highest BCUT2D eigenvalue weighted by Gasteiger charge is 2.17. The van der Waals surface area contributed by atoms with E-state index >= 15 is 0 Å². The zero-order valence-electron chi connectivity index (χ0n) is 18.5. The first-order chi connectivity index (χ1) is 16.4. The molecule has 2 N–H and O–H groups in total. The zero-order valence-corrected chi connectivity index (χ0v) is 21.0. The Balaban J connectivity index is 1.86. The van der Waals surface area contributed by atoms with Gasteiger partial charge in [0.2, 0.25) is 15.9 Å². The lowest BCUT2D eigenvalue weighted by atomic mass is 10.3. The normalized spacial score (nSPS) is 12.7. The Morgan fingerprint density at radius 2 is 1.74 bits per heavy atom. The minimum absolute atomic E-state index is 0.0274. The van der Waals surface area contributed by atoms with Gasteiger partial charge in [0.1, 0.15) is 12.4 Å². The molecule has 188 valence electrons. The number of nitrogens with two attached hydrogens (primary N) is 1. The van der Waals surface area contributed by atoms with Crippen molar-refractivity contribution in [1.82, 2.24) is 4.57 Å². The van der Waals surface area contributed by atoms with Crippen LogP contribution in [0, 0.1) is 5.82 Å². The van der Waals surface area contributed by atoms with E-state index in [-0.39, 0.29) is 46.3 Å². The van der Waals surface area contributed by atoms with Crippen molar-refractivity contribution in [3.8, 4) is 0 Å². The number of sulfone groups is 1. The number of amides is 1. The number of rotatable bonds is 9. The van der Waals surface area contributed by atoms with E-state index in [2.05, 4.69) is 4.99 Å². The van der Waals surface area contributed by atoms with Gasteiger partial charge in [-0.15, -0.1) is 0 Å². The molecule has 0 fully saturated rings. The molecule has 14 heteroatoms. The number of sulfonamides is 1. The monoisotopic (exact) mass is 543 g/mol. The number of hydrogen-bond donors (Lipinski definition) is 1. The maximum Gasteiger partial charge on any atom is 0.326 e. The summed E-state index contributed by atoms with van der Waals surface area (Å²) in [6.45, 7) is 1.51. The molecule has 1 heterocycles. The highest BCUT2D eigenvalue weighted by molar-refractivity contribution is 7.91. The maximum absolute atomic E-state index is 13.0. The van der Waals surface area contributed by atoms with Crippen molar-refractivity contribution in [1.29, 1.82) is 0 Å². The highest BCUT2D eigenvalue weighted by Crippen LogP contribution is 2.21. The standard InChI is InChI=1S/C21H22FN3O7S3/c1-2-32-20(27)13-25-17-10-9-16(35(23,30)31)12-18(17)33-21(25)24-19(26)4-3-11-34(28,29)15-7-5-14(22)6-8-15/h5-10,12H,2-4,11,13H2,1H3,(H2,23,30,31). The average molecular weight is 544 g/mol. The molecule has 0 unspecified atom stereocenters. The number of esters is 1. The molecule has 0 saturated carbocycles. The summed E-state index contributed by atoms with van der Waals surface area (Å²) >= 11 is 0.974. The largest absolute Gasteiger partial charge is 0.465 e. The summed E-state index contributed by atoms with van der Waals surface area (Å²) in [4.78, 5) is 28.5. The first-order valence-electron chi connectivity index (χ1n) is 10.3. The zero-order chi connectivity index (χ0) is 25.8. The molecule has 0 bridgehead atoms. The number of fused-ring (bicyclic) bond motifs is 1. The smallest absolute Gasteiger partial charge is 0.326 e. The topological polar surface area (TPSA) is 155 Å². The lowest BCUT2D eigenvalue weighted by Gasteiger charge is -2.06. The number of hydrogen-bond acceptors (Lipinski definition) is 8. The Hall–Kier alpha value is -2.94. The van der Waals surface area contributed by atoms with Crippen molar-refractivity contribution in [3.63, 3.8) is 0 Å². The number of thiazole rings is 1. The van der Waals surface area contributed by atoms with Crippen LogP contribution in [0.25, 0.3) is 10.2 Å². The molecule has 2 aromatic carbocycles. The van der Waals surface area contributed by atoms with Crippen LogP contribution >= 0.6 is 11.3 Å². The average Bonchev–Trinajstić information content (AvgIpc) is 3.09. The van der Waals surface area contributed by atoms with Gasteiger partial charge in [-0.3, -0.25) is 9.59 Å². The third-order valence-electron chi connectivity index (χ3n) is 4.77. The van der Waals surface area contributed by atoms with E-state index in [0.29, 0.717) is 10.2 Å². The van der Waals surface area contributed by atoms with Gasteiger partial charge in [0.25, 0.3) is 0 Å². The first-order valence-corrected chi connectivity index (χ1v) is 14.3. The van der Waals surface area contributed by atoms with Gasteiger partial charge in [0.05, 0.1) is 32.4 Å². The molecule has 3 rings (SSSR count). The number of halogens is 1. The van der Waals surface area contributed by atoms with Gasteiger partial charge in [-0.2, -0.15) is 4.99 Å². The van der Waals surface area contributed by atoms with Gasteiger partial charge in [-0.1, -0.05) is 11.3 Å². The number of aromatic nitrogens is 1. The summed E-state index contributed by atoms with van der Waals surface area (Å²) in [6.07, 6.45) is -0.225. The second kappa shape index (κ2) is 10.8. The Morgan fingerprint density at radius 3 is 2.37 bits per heavy atom. The van der Waals surface area contributed by atoms with Gasteiger partial charge in [0.15, 0.2) is 14.6 Å². The van der Waals surface area contributed by atoms with E-state index in [0.717, 1.165) is 35.6 Å². The third kappa shape index (κ3) is 6.81. The molecular formula is C21H22FN3O7S3. The fraction of sp³-hybridized carbons (Fsp3) is 0.286. The second-order valence-electron chi connectivity index (χ2n) is 7.33. The maximum atomic E-state index is 13.0. The van der Waals surface area contributed by atoms with Crippen LogP contribution in [0.15, 0.2) is 57.2 Å². The minimum Gasteiger partial charge on any atom is -0.465 e. The summed E-state index contributed by atoms with van der Waals surface area (Å²) in [5.41, 5.74) is 0.445. The van der Waals surface area contributed by atoms with Crippen LogP contribution in [0.5, 0.6) is 0 Å². The van der Waals surface area contributed by atoms with Crippen molar-refractivity contribution in [3.05, 3.63) is 53.1 Å². The van der Waals surface area contributed by atoms with E-state index in [1.807, 2.05) is 0 Å². The molecule has 0 spiro atoms. The van der Waals surface area contributed by atoms with Gasteiger partial charge < -0.3 is 9.30 Å². The summed E-state index contributed by atoms with van der Waals surface area (Å²) in [5.74, 6) is -2.11. The van der Waals surface area contributed by atoms with Crippen LogP contribution in [-0.2, 0) is 40.7 Å². The third-order valence-corrected chi connectivity index (χ3v) is 8.54. The molecule has 0 aliphatic carbocycles. The fourth-order valence-corrected chi connectivity index (χ4v) is 6.15. The van der Waals surface area contributed by atoms with Crippen LogP contribution in [0.2, 0.25) is 0 Å². The van der Waals surface area contributed by atoms with E-state index in [4.69, 9.17) is 9.88 Å². The van der Waals surface area contributed by atoms with Crippen LogP contribution in [-0.4, -0.2) is 45.6 Å². The molecular weight excluding hydrogens is 521 g/mol. The fourth-order valence-electron chi connectivity index (χ4n) is 3.14. The van der Waals surface area contributed by atoms with Crippen LogP contribution in [0.4, 0.5) is 4.39 Å². The van der Waals surface area contributed by atoms with E-state index in [1.54, 1.807) is 6.92 Å². The number of nitrogens with zero attached hydrogens (tertiary/aromatic N) is 2. The highest BCUT2D eigenvalue weighted by atomic mass is 32.2. The van der Waals surface area contributed by atoms with Crippen molar-refractivity contribution >= 4 is 53.3 Å². The van der Waals surface area contributed by atoms with Gasteiger partial charge in [0, 0.05) is 6.42 Å². The molecule has 0 radical (unpaired) electrons. The van der Waals surface area contributed by atoms with Crippen molar-refractivity contribution in [2.75, 3.05) is 12.4 Å². The Kier molecular flexibility index (Phi) is 8.20. The molecule has 1 amide bonds. The Bertz CT molecular complexity index is 1540. The molecule has 0 aliphatic rings. The lowest BCUT2D eigenvalue weighted by Crippen LogP contribution is -2.23. The molecule has 3 aromatic rings. The van der Waals surface area contributed by atoms with Crippen molar-refractivity contribution < 1.29 is 35.6 Å². The van der Waals surface area contributed by atoms with Gasteiger partial charge in [-0.25, -0.2) is 26.4 Å². The van der Waals surface area contributed by atoms with Crippen molar-refractivity contribution in [2.45, 2.75) is 36.1 Å². The molecule has 10 nitrogen and oxygen atoms in total. The van der Waals surface area contributed by atoms with E-state index in [1.165, 1.54) is 22.8 Å². The summed E-state index contributed by atoms with van der Waals surface area (Å²) in [7, 11) is -7.68. The van der Waals surface area contributed by atoms with Gasteiger partial charge in [-0.05, 0) is 55.8 Å². The summed E-state index contributed by atoms with van der Waals surface area (Å²) in [6, 6.07) is 8.43. The lowest BCUT2D eigenvalue weighted by molar-refractivity contribution is -0.143. The molecule has 0 atom stereocenters. The molecule has 1 aromatic heterocycles. The SMILES string of the molecule is CCOC(=O)Cn1c(=NC(=O)CCCS(=O)(=O)c2ccc(F)cc2)sc2cc(S(N)(=O)=O)ccc21. The number of carbonyl (C=O) groups excluding carboxylic acids is 2. The van der Waals surface area contributed by atoms with Gasteiger partial charge >= 0.3 is 5.97 Å². The number of benzene rings is 2. The quantitative estimate of drug-likeness (QED) is 0.318. The summed E-state index contributed by atoms with van der Waals surface area (Å²) < 4.78 is 68.0. The second-order valence-corrected chi connectivity index (χ2v) is 12.0. The molecule has 0 aliphatic heterocycles. The number of ether oxygens (including phenoxy) is 1. The van der Waals surface area contributed by atoms with Crippen molar-refractivity contribution in [2.24, 2.45) is 10.1 Å². The number of primary sulfonamides is 1. The van der Waals surface area contributed by atoms with Crippen LogP contribution in [0.1, 0.15) is 19.8 Å². The minimum atomic E-state index is -3.97. The predicted molar refractivity (Wildman–Crippen MR) is 126 cm³/mol. The summed E-state index contributed by atoms with van der Waals surface area (Å²) in [5, 5.41) is 5.18. The predicted octanol–water partition coefficient (Wildman–Crippen LogP) is 1.73. The van der Waals surface area contributed by atoms with Crippen LogP contribution in [0.3, 0.4) is 0 Å². The molecule has 0 saturated heterocycles. The van der Waals surface area contributed by atoms with E-state index < -0.39 is 37.6 Å². The Morgan fingerprint density at radius 1 is 1.09 bits per heavy atom. The first kappa shape index (κ1) is 26.7. The number of carbonyl (C=O) groups is 2. The molecule has 35 heavy (non-hydrogen) atoms.